The highest BCUT2D eigenvalue weighted by Crippen LogP contribution is 2.14. The third-order valence-corrected chi connectivity index (χ3v) is 4.91. The smallest absolute Gasteiger partial charge is 0.222 e. The van der Waals surface area contributed by atoms with Crippen LogP contribution in [0.4, 0.5) is 0 Å². The minimum absolute atomic E-state index is 0.357. The lowest BCUT2D eigenvalue weighted by Gasteiger charge is -2.22. The predicted octanol–water partition coefficient (Wildman–Crippen LogP) is 5.56. The second-order valence-corrected chi connectivity index (χ2v) is 7.08. The molecule has 25 heavy (non-hydrogen) atoms. The van der Waals surface area contributed by atoms with Gasteiger partial charge in [0, 0.05) is 31.5 Å². The van der Waals surface area contributed by atoms with Crippen LogP contribution in [0.2, 0.25) is 0 Å². The van der Waals surface area contributed by atoms with Crippen LogP contribution in [0.25, 0.3) is 0 Å². The molecule has 0 radical (unpaired) electrons. The van der Waals surface area contributed by atoms with Gasteiger partial charge in [-0.3, -0.25) is 4.79 Å². The first-order valence-electron chi connectivity index (χ1n) is 10.2. The Kier molecular flexibility index (Phi) is 9.86. The van der Waals surface area contributed by atoms with Crippen molar-refractivity contribution in [2.24, 2.45) is 0 Å². The average Bonchev–Trinajstić information content (AvgIpc) is 2.66. The maximum absolute atomic E-state index is 12.5. The molecule has 1 amide bonds. The van der Waals surface area contributed by atoms with Crippen molar-refractivity contribution in [3.63, 3.8) is 0 Å². The lowest BCUT2D eigenvalue weighted by molar-refractivity contribution is -0.131. The Hall–Kier alpha value is -1.75. The van der Waals surface area contributed by atoms with Crippen molar-refractivity contribution in [2.75, 3.05) is 13.1 Å². The number of carbonyl (C=O) groups excluding carboxylic acids is 1. The van der Waals surface area contributed by atoms with Gasteiger partial charge in [-0.1, -0.05) is 75.0 Å². The number of carbonyl (C=O) groups is 1. The van der Waals surface area contributed by atoms with Crippen molar-refractivity contribution < 1.29 is 4.79 Å². The number of amides is 1. The van der Waals surface area contributed by atoms with Crippen molar-refractivity contribution in [1.29, 1.82) is 0 Å². The Labute approximate surface area is 154 Å². The number of rotatable bonds is 3. The Bertz CT molecular complexity index is 540. The zero-order chi connectivity index (χ0) is 17.6. The number of nitrogens with zero attached hydrogens (tertiary/aromatic N) is 1. The highest BCUT2D eigenvalue weighted by atomic mass is 16.2. The summed E-state index contributed by atoms with van der Waals surface area (Å²) >= 11 is 0. The molecule has 1 aromatic rings. The molecule has 0 aromatic heterocycles. The van der Waals surface area contributed by atoms with Gasteiger partial charge in [0.1, 0.15) is 0 Å². The molecular weight excluding hydrogens is 306 g/mol. The first-order chi connectivity index (χ1) is 12.4. The van der Waals surface area contributed by atoms with Gasteiger partial charge in [0.2, 0.25) is 5.91 Å². The van der Waals surface area contributed by atoms with Crippen LogP contribution in [0.15, 0.2) is 30.3 Å². The minimum Gasteiger partial charge on any atom is -0.343 e. The second kappa shape index (κ2) is 12.6. The van der Waals surface area contributed by atoms with Crippen LogP contribution >= 0.6 is 0 Å². The fourth-order valence-electron chi connectivity index (χ4n) is 3.38. The number of hydrogen-bond donors (Lipinski definition) is 0. The Morgan fingerprint density at radius 1 is 0.840 bits per heavy atom. The van der Waals surface area contributed by atoms with Gasteiger partial charge in [-0.15, -0.1) is 0 Å². The average molecular weight is 340 g/mol. The molecule has 0 unspecified atom stereocenters. The van der Waals surface area contributed by atoms with Crippen LogP contribution in [0.3, 0.4) is 0 Å². The highest BCUT2D eigenvalue weighted by molar-refractivity contribution is 5.76. The van der Waals surface area contributed by atoms with E-state index >= 15 is 0 Å². The molecule has 0 bridgehead atoms. The predicted molar refractivity (Wildman–Crippen MR) is 105 cm³/mol. The zero-order valence-electron chi connectivity index (χ0n) is 15.6. The molecule has 136 valence electrons. The summed E-state index contributed by atoms with van der Waals surface area (Å²) in [5, 5.41) is 0. The van der Waals surface area contributed by atoms with Crippen LogP contribution < -0.4 is 0 Å². The SMILES string of the molecule is O=C1CCCCCCCCCCCN1CCCC#Cc1ccccc1. The van der Waals surface area contributed by atoms with Gasteiger partial charge >= 0.3 is 0 Å². The van der Waals surface area contributed by atoms with Crippen LogP contribution in [0, 0.1) is 11.8 Å². The van der Waals surface area contributed by atoms with Crippen molar-refractivity contribution in [1.82, 2.24) is 4.90 Å². The summed E-state index contributed by atoms with van der Waals surface area (Å²) in [6.07, 6.45) is 14.0. The van der Waals surface area contributed by atoms with Gasteiger partial charge in [-0.05, 0) is 31.4 Å². The normalized spacial score (nSPS) is 17.6. The topological polar surface area (TPSA) is 20.3 Å². The van der Waals surface area contributed by atoms with E-state index in [1.807, 2.05) is 30.3 Å². The van der Waals surface area contributed by atoms with Gasteiger partial charge in [-0.2, -0.15) is 0 Å². The summed E-state index contributed by atoms with van der Waals surface area (Å²) < 4.78 is 0. The molecule has 0 saturated carbocycles. The molecule has 1 fully saturated rings. The Morgan fingerprint density at radius 2 is 1.48 bits per heavy atom. The molecule has 2 rings (SSSR count). The largest absolute Gasteiger partial charge is 0.343 e. The van der Waals surface area contributed by atoms with Gasteiger partial charge < -0.3 is 4.90 Å². The summed E-state index contributed by atoms with van der Waals surface area (Å²) in [7, 11) is 0. The summed E-state index contributed by atoms with van der Waals surface area (Å²) in [5.74, 6) is 6.80. The van der Waals surface area contributed by atoms with Crippen molar-refractivity contribution in [3.8, 4) is 11.8 Å². The van der Waals surface area contributed by atoms with E-state index in [1.54, 1.807) is 0 Å². The molecule has 2 heteroatoms. The molecule has 1 aromatic carbocycles. The van der Waals surface area contributed by atoms with Gasteiger partial charge in [0.15, 0.2) is 0 Å². The molecule has 2 nitrogen and oxygen atoms in total. The van der Waals surface area contributed by atoms with Crippen LogP contribution in [0.5, 0.6) is 0 Å². The quantitative estimate of drug-likeness (QED) is 0.521. The van der Waals surface area contributed by atoms with Gasteiger partial charge in [-0.25, -0.2) is 0 Å². The lowest BCUT2D eigenvalue weighted by atomic mass is 10.1. The third-order valence-electron chi connectivity index (χ3n) is 4.91. The molecule has 0 aliphatic carbocycles. The summed E-state index contributed by atoms with van der Waals surface area (Å²) in [4.78, 5) is 14.6. The van der Waals surface area contributed by atoms with E-state index in [1.165, 1.54) is 44.9 Å². The monoisotopic (exact) mass is 339 g/mol. The fraction of sp³-hybridized carbons (Fsp3) is 0.609. The molecule has 0 atom stereocenters. The first kappa shape index (κ1) is 19.6. The Balaban J connectivity index is 1.75. The van der Waals surface area contributed by atoms with Crippen LogP contribution in [-0.4, -0.2) is 23.9 Å². The van der Waals surface area contributed by atoms with Crippen LogP contribution in [0.1, 0.15) is 82.6 Å². The standard InChI is InChI=1S/C23H33NO/c25-23-19-13-6-4-2-1-3-5-7-14-20-24(23)21-15-9-12-18-22-16-10-8-11-17-22/h8,10-11,16-17H,1-7,9,13-15,19-21H2. The van der Waals surface area contributed by atoms with Crippen molar-refractivity contribution >= 4 is 5.91 Å². The molecule has 1 heterocycles. The molecule has 0 N–H and O–H groups in total. The summed E-state index contributed by atoms with van der Waals surface area (Å²) in [5.41, 5.74) is 1.07. The van der Waals surface area contributed by atoms with E-state index in [0.29, 0.717) is 5.91 Å². The van der Waals surface area contributed by atoms with Gasteiger partial charge in [0.05, 0.1) is 0 Å². The van der Waals surface area contributed by atoms with E-state index in [2.05, 4.69) is 16.7 Å². The number of unbranched alkanes of at least 4 members (excludes halogenated alkanes) is 1. The van der Waals surface area contributed by atoms with Crippen molar-refractivity contribution in [3.05, 3.63) is 35.9 Å². The van der Waals surface area contributed by atoms with E-state index in [-0.39, 0.29) is 0 Å². The minimum atomic E-state index is 0.357. The molecule has 1 saturated heterocycles. The van der Waals surface area contributed by atoms with Gasteiger partial charge in [0.25, 0.3) is 0 Å². The number of hydrogen-bond acceptors (Lipinski definition) is 1. The number of benzene rings is 1. The fourth-order valence-corrected chi connectivity index (χ4v) is 3.38. The molecule has 0 spiro atoms. The lowest BCUT2D eigenvalue weighted by Crippen LogP contribution is -2.32. The van der Waals surface area contributed by atoms with E-state index in [4.69, 9.17) is 0 Å². The van der Waals surface area contributed by atoms with E-state index < -0.39 is 0 Å². The highest BCUT2D eigenvalue weighted by Gasteiger charge is 2.12. The van der Waals surface area contributed by atoms with E-state index in [0.717, 1.165) is 50.8 Å². The molecule has 1 aliphatic heterocycles. The summed E-state index contributed by atoms with van der Waals surface area (Å²) in [6.45, 7) is 1.80. The first-order valence-corrected chi connectivity index (χ1v) is 10.2. The summed E-state index contributed by atoms with van der Waals surface area (Å²) in [6, 6.07) is 10.1. The Morgan fingerprint density at radius 3 is 2.20 bits per heavy atom. The zero-order valence-corrected chi connectivity index (χ0v) is 15.6. The van der Waals surface area contributed by atoms with Crippen LogP contribution in [-0.2, 0) is 4.79 Å². The second-order valence-electron chi connectivity index (χ2n) is 7.08. The maximum Gasteiger partial charge on any atom is 0.222 e. The third kappa shape index (κ3) is 8.77. The van der Waals surface area contributed by atoms with E-state index in [9.17, 15) is 4.79 Å². The maximum atomic E-state index is 12.5. The molecule has 1 aliphatic rings. The molecular formula is C23H33NO. The van der Waals surface area contributed by atoms with Crippen molar-refractivity contribution in [2.45, 2.75) is 77.0 Å².